The fourth-order valence-electron chi connectivity index (χ4n) is 1.86. The SMILES string of the molecule is CC(C)(C)c1cccn(-c2ccccc2)c1=O. The maximum absolute atomic E-state index is 12.4. The second-order valence-corrected chi connectivity index (χ2v) is 5.18. The first-order valence-electron chi connectivity index (χ1n) is 5.78. The Balaban J connectivity index is 2.63. The second kappa shape index (κ2) is 4.21. The first-order valence-corrected chi connectivity index (χ1v) is 5.78. The van der Waals surface area contributed by atoms with Crippen molar-refractivity contribution in [2.24, 2.45) is 0 Å². The number of para-hydroxylation sites is 1. The van der Waals surface area contributed by atoms with Crippen LogP contribution in [0.25, 0.3) is 5.69 Å². The van der Waals surface area contributed by atoms with Crippen LogP contribution < -0.4 is 5.56 Å². The minimum absolute atomic E-state index is 0.0613. The van der Waals surface area contributed by atoms with Crippen LogP contribution in [0, 0.1) is 0 Å². The van der Waals surface area contributed by atoms with Crippen molar-refractivity contribution in [1.29, 1.82) is 0 Å². The van der Waals surface area contributed by atoms with Gasteiger partial charge in [0.2, 0.25) is 0 Å². The van der Waals surface area contributed by atoms with Gasteiger partial charge in [0.05, 0.1) is 0 Å². The first kappa shape index (κ1) is 11.6. The average molecular weight is 227 g/mol. The molecule has 1 heterocycles. The molecule has 0 N–H and O–H groups in total. The van der Waals surface area contributed by atoms with Crippen LogP contribution in [0.4, 0.5) is 0 Å². The maximum atomic E-state index is 12.4. The van der Waals surface area contributed by atoms with Crippen LogP contribution in [0.2, 0.25) is 0 Å². The Morgan fingerprint density at radius 2 is 1.59 bits per heavy atom. The smallest absolute Gasteiger partial charge is 0.258 e. The molecule has 0 atom stereocenters. The Morgan fingerprint density at radius 1 is 0.941 bits per heavy atom. The van der Waals surface area contributed by atoms with Crippen molar-refractivity contribution in [3.63, 3.8) is 0 Å². The largest absolute Gasteiger partial charge is 0.284 e. The summed E-state index contributed by atoms with van der Waals surface area (Å²) in [5, 5.41) is 0. The van der Waals surface area contributed by atoms with E-state index in [1.54, 1.807) is 4.57 Å². The van der Waals surface area contributed by atoms with Crippen molar-refractivity contribution < 1.29 is 0 Å². The molecule has 2 heteroatoms. The number of hydrogen-bond donors (Lipinski definition) is 0. The third-order valence-corrected chi connectivity index (χ3v) is 2.79. The van der Waals surface area contributed by atoms with E-state index in [4.69, 9.17) is 0 Å². The van der Waals surface area contributed by atoms with E-state index in [-0.39, 0.29) is 11.0 Å². The molecule has 17 heavy (non-hydrogen) atoms. The standard InChI is InChI=1S/C15H17NO/c1-15(2,3)13-10-7-11-16(14(13)17)12-8-5-4-6-9-12/h4-11H,1-3H3. The van der Waals surface area contributed by atoms with Crippen molar-refractivity contribution in [3.8, 4) is 5.69 Å². The van der Waals surface area contributed by atoms with Gasteiger partial charge in [0.1, 0.15) is 0 Å². The van der Waals surface area contributed by atoms with Gasteiger partial charge in [-0.2, -0.15) is 0 Å². The Bertz CT molecular complexity index is 561. The van der Waals surface area contributed by atoms with Gasteiger partial charge in [-0.1, -0.05) is 45.0 Å². The fraction of sp³-hybridized carbons (Fsp3) is 0.267. The number of benzene rings is 1. The molecule has 0 saturated heterocycles. The zero-order valence-corrected chi connectivity index (χ0v) is 10.5. The van der Waals surface area contributed by atoms with Gasteiger partial charge in [0, 0.05) is 17.4 Å². The molecule has 0 aliphatic heterocycles. The molecule has 0 aliphatic carbocycles. The molecule has 0 saturated carbocycles. The van der Waals surface area contributed by atoms with E-state index >= 15 is 0 Å². The molecule has 2 aromatic rings. The molecule has 1 aromatic heterocycles. The van der Waals surface area contributed by atoms with Gasteiger partial charge < -0.3 is 0 Å². The lowest BCUT2D eigenvalue weighted by Crippen LogP contribution is -2.28. The molecule has 0 fully saturated rings. The molecule has 0 amide bonds. The lowest BCUT2D eigenvalue weighted by Gasteiger charge is -2.19. The normalized spacial score (nSPS) is 11.5. The molecule has 2 nitrogen and oxygen atoms in total. The summed E-state index contributed by atoms with van der Waals surface area (Å²) in [7, 11) is 0. The van der Waals surface area contributed by atoms with Crippen LogP contribution in [-0.4, -0.2) is 4.57 Å². The van der Waals surface area contributed by atoms with E-state index in [0.717, 1.165) is 11.3 Å². The third kappa shape index (κ3) is 2.31. The van der Waals surface area contributed by atoms with E-state index in [2.05, 4.69) is 20.8 Å². The Kier molecular flexibility index (Phi) is 2.88. The average Bonchev–Trinajstić information content (AvgIpc) is 2.29. The van der Waals surface area contributed by atoms with Gasteiger partial charge in [-0.15, -0.1) is 0 Å². The minimum Gasteiger partial charge on any atom is -0.284 e. The fourth-order valence-corrected chi connectivity index (χ4v) is 1.86. The van der Waals surface area contributed by atoms with Gasteiger partial charge in [-0.25, -0.2) is 0 Å². The van der Waals surface area contributed by atoms with Gasteiger partial charge in [-0.05, 0) is 23.6 Å². The number of pyridine rings is 1. The molecule has 1 aromatic carbocycles. The third-order valence-electron chi connectivity index (χ3n) is 2.79. The highest BCUT2D eigenvalue weighted by atomic mass is 16.1. The van der Waals surface area contributed by atoms with Crippen molar-refractivity contribution in [2.75, 3.05) is 0 Å². The summed E-state index contributed by atoms with van der Waals surface area (Å²) in [5.41, 5.74) is 1.67. The van der Waals surface area contributed by atoms with E-state index in [1.807, 2.05) is 48.7 Å². The van der Waals surface area contributed by atoms with Gasteiger partial charge in [0.15, 0.2) is 0 Å². The molecule has 0 aliphatic rings. The monoisotopic (exact) mass is 227 g/mol. The predicted molar refractivity (Wildman–Crippen MR) is 70.7 cm³/mol. The van der Waals surface area contributed by atoms with Crippen molar-refractivity contribution in [2.45, 2.75) is 26.2 Å². The summed E-state index contributed by atoms with van der Waals surface area (Å²) in [6.07, 6.45) is 1.81. The number of nitrogens with zero attached hydrogens (tertiary/aromatic N) is 1. The maximum Gasteiger partial charge on any atom is 0.258 e. The van der Waals surface area contributed by atoms with Crippen LogP contribution in [0.3, 0.4) is 0 Å². The van der Waals surface area contributed by atoms with Crippen molar-refractivity contribution >= 4 is 0 Å². The predicted octanol–water partition coefficient (Wildman–Crippen LogP) is 3.14. The molecular formula is C15H17NO. The van der Waals surface area contributed by atoms with Crippen LogP contribution in [0.5, 0.6) is 0 Å². The summed E-state index contributed by atoms with van der Waals surface area (Å²) in [5.74, 6) is 0. The quantitative estimate of drug-likeness (QED) is 0.733. The lowest BCUT2D eigenvalue weighted by atomic mass is 9.88. The Morgan fingerprint density at radius 3 is 2.18 bits per heavy atom. The van der Waals surface area contributed by atoms with E-state index in [1.165, 1.54) is 0 Å². The summed E-state index contributed by atoms with van der Waals surface area (Å²) in [6, 6.07) is 13.5. The molecule has 0 unspecified atom stereocenters. The molecule has 0 spiro atoms. The van der Waals surface area contributed by atoms with Crippen LogP contribution >= 0.6 is 0 Å². The molecule has 88 valence electrons. The summed E-state index contributed by atoms with van der Waals surface area (Å²) >= 11 is 0. The van der Waals surface area contributed by atoms with E-state index in [9.17, 15) is 4.79 Å². The molecular weight excluding hydrogens is 210 g/mol. The topological polar surface area (TPSA) is 22.0 Å². The number of aromatic nitrogens is 1. The molecule has 0 radical (unpaired) electrons. The summed E-state index contributed by atoms with van der Waals surface area (Å²) in [6.45, 7) is 6.16. The molecule has 2 rings (SSSR count). The van der Waals surface area contributed by atoms with Crippen molar-refractivity contribution in [1.82, 2.24) is 4.57 Å². The first-order chi connectivity index (χ1) is 8.00. The highest BCUT2D eigenvalue weighted by molar-refractivity contribution is 5.33. The summed E-state index contributed by atoms with van der Waals surface area (Å²) in [4.78, 5) is 12.4. The lowest BCUT2D eigenvalue weighted by molar-refractivity contribution is 0.577. The second-order valence-electron chi connectivity index (χ2n) is 5.18. The van der Waals surface area contributed by atoms with Crippen LogP contribution in [-0.2, 0) is 5.41 Å². The zero-order valence-electron chi connectivity index (χ0n) is 10.5. The highest BCUT2D eigenvalue weighted by Crippen LogP contribution is 2.18. The highest BCUT2D eigenvalue weighted by Gasteiger charge is 2.18. The van der Waals surface area contributed by atoms with Crippen LogP contribution in [0.1, 0.15) is 26.3 Å². The number of rotatable bonds is 1. The van der Waals surface area contributed by atoms with Gasteiger partial charge in [-0.3, -0.25) is 9.36 Å². The number of hydrogen-bond acceptors (Lipinski definition) is 1. The van der Waals surface area contributed by atoms with Crippen LogP contribution in [0.15, 0.2) is 53.5 Å². The van der Waals surface area contributed by atoms with E-state index in [0.29, 0.717) is 0 Å². The minimum atomic E-state index is -0.130. The Hall–Kier alpha value is -1.83. The molecule has 0 bridgehead atoms. The zero-order chi connectivity index (χ0) is 12.5. The van der Waals surface area contributed by atoms with Gasteiger partial charge in [0.25, 0.3) is 5.56 Å². The van der Waals surface area contributed by atoms with E-state index < -0.39 is 0 Å². The summed E-state index contributed by atoms with van der Waals surface area (Å²) < 4.78 is 1.70. The Labute approximate surface area is 102 Å². The van der Waals surface area contributed by atoms with Gasteiger partial charge >= 0.3 is 0 Å². The van der Waals surface area contributed by atoms with Crippen molar-refractivity contribution in [3.05, 3.63) is 64.6 Å².